The van der Waals surface area contributed by atoms with Gasteiger partial charge in [0.1, 0.15) is 18.2 Å². The van der Waals surface area contributed by atoms with E-state index in [-0.39, 0.29) is 29.8 Å². The Bertz CT molecular complexity index is 1580. The first-order chi connectivity index (χ1) is 24.7. The van der Waals surface area contributed by atoms with Crippen LogP contribution in [-0.4, -0.2) is 87.0 Å². The number of hydrogen-bond donors (Lipinski definition) is 2. The van der Waals surface area contributed by atoms with Crippen LogP contribution in [0, 0.1) is 11.8 Å². The predicted octanol–water partition coefficient (Wildman–Crippen LogP) is 5.18. The summed E-state index contributed by atoms with van der Waals surface area (Å²) in [6.45, 7) is 7.40. The molecule has 51 heavy (non-hydrogen) atoms. The number of allylic oxidation sites excluding steroid dienone is 1. The number of carbonyl (C=O) groups is 4. The molecular weight excluding hydrogens is 714 g/mol. The van der Waals surface area contributed by atoms with E-state index in [1.165, 1.54) is 4.90 Å². The van der Waals surface area contributed by atoms with Crippen LogP contribution in [0.1, 0.15) is 74.6 Å². The van der Waals surface area contributed by atoms with E-state index in [1.807, 2.05) is 65.6 Å². The fourth-order valence-electron chi connectivity index (χ4n) is 8.76. The molecule has 1 unspecified atom stereocenters. The first-order valence-electron chi connectivity index (χ1n) is 18.1. The maximum atomic E-state index is 15.1. The standard InChI is InChI=1S/C40H48BrN3O7/c1-3-5-21-32(46)50-25-30(26-15-9-6-10-16-26)42-37(47)33-34-38(48)44(31(24-45)27-17-11-7-12-18-27)36(40(34)23-29(41)35(33)51-40)39(49)43(22-4-2)28-19-13-8-14-20-28/h3-4,6-7,9-12,15-18,28-31,33-36,45H,1-2,5,8,13-14,19-25H2,(H,42,47)/t29?,30-,31-,33-,34+,35-,36-,40+/m1/s1. The number of alkyl halides is 1. The molecule has 3 heterocycles. The van der Waals surface area contributed by atoms with Gasteiger partial charge in [-0.25, -0.2) is 0 Å². The summed E-state index contributed by atoms with van der Waals surface area (Å²) in [5, 5.41) is 14.0. The lowest BCUT2D eigenvalue weighted by Gasteiger charge is -2.42. The summed E-state index contributed by atoms with van der Waals surface area (Å²) in [6, 6.07) is 15.8. The number of aliphatic hydroxyl groups excluding tert-OH is 1. The van der Waals surface area contributed by atoms with Gasteiger partial charge in [-0.1, -0.05) is 108 Å². The molecule has 4 aliphatic rings. The lowest BCUT2D eigenvalue weighted by molar-refractivity contribution is -0.153. The van der Waals surface area contributed by atoms with Gasteiger partial charge in [-0.2, -0.15) is 0 Å². The molecule has 2 bridgehead atoms. The zero-order chi connectivity index (χ0) is 36.1. The third kappa shape index (κ3) is 7.17. The van der Waals surface area contributed by atoms with Gasteiger partial charge < -0.3 is 29.7 Å². The zero-order valence-electron chi connectivity index (χ0n) is 28.9. The van der Waals surface area contributed by atoms with Crippen molar-refractivity contribution in [2.75, 3.05) is 19.8 Å². The molecule has 3 saturated heterocycles. The predicted molar refractivity (Wildman–Crippen MR) is 195 cm³/mol. The van der Waals surface area contributed by atoms with Crippen molar-refractivity contribution in [2.45, 2.75) is 92.1 Å². The molecule has 2 N–H and O–H groups in total. The largest absolute Gasteiger partial charge is 0.463 e. The van der Waals surface area contributed by atoms with Crippen molar-refractivity contribution in [2.24, 2.45) is 11.8 Å². The number of hydrogen-bond acceptors (Lipinski definition) is 7. The highest BCUT2D eigenvalue weighted by atomic mass is 79.9. The van der Waals surface area contributed by atoms with Crippen molar-refractivity contribution < 1.29 is 33.8 Å². The van der Waals surface area contributed by atoms with Crippen molar-refractivity contribution in [1.82, 2.24) is 15.1 Å². The number of halogens is 1. The van der Waals surface area contributed by atoms with Crippen molar-refractivity contribution in [3.05, 3.63) is 97.1 Å². The molecule has 272 valence electrons. The summed E-state index contributed by atoms with van der Waals surface area (Å²) >= 11 is 3.78. The topological polar surface area (TPSA) is 125 Å². The highest BCUT2D eigenvalue weighted by Crippen LogP contribution is 2.61. The van der Waals surface area contributed by atoms with Crippen molar-refractivity contribution in [3.63, 3.8) is 0 Å². The molecule has 3 aliphatic heterocycles. The van der Waals surface area contributed by atoms with Gasteiger partial charge in [0.25, 0.3) is 0 Å². The van der Waals surface area contributed by atoms with Gasteiger partial charge in [-0.15, -0.1) is 13.2 Å². The average molecular weight is 763 g/mol. The number of nitrogens with zero attached hydrogens (tertiary/aromatic N) is 2. The number of rotatable bonds is 15. The number of aliphatic hydroxyl groups is 1. The lowest BCUT2D eigenvalue weighted by Crippen LogP contribution is -2.59. The summed E-state index contributed by atoms with van der Waals surface area (Å²) < 4.78 is 12.4. The molecule has 4 fully saturated rings. The SMILES string of the molecule is C=CCCC(=O)OC[C@@H](NC(=O)[C@H]1[C@@H]2O[C@@]3(CC2Br)[C@@H]1C(=O)N([C@H](CO)c1ccccc1)[C@@H]3C(=O)N(CC=C)C1CCCCC1)c1ccccc1. The van der Waals surface area contributed by atoms with Crippen LogP contribution in [0.3, 0.4) is 0 Å². The zero-order valence-corrected chi connectivity index (χ0v) is 30.5. The number of amides is 3. The molecule has 11 heteroatoms. The van der Waals surface area contributed by atoms with Crippen molar-refractivity contribution in [1.29, 1.82) is 0 Å². The molecule has 6 rings (SSSR count). The summed E-state index contributed by atoms with van der Waals surface area (Å²) in [7, 11) is 0. The highest BCUT2D eigenvalue weighted by molar-refractivity contribution is 9.09. The maximum Gasteiger partial charge on any atom is 0.306 e. The molecule has 0 radical (unpaired) electrons. The third-order valence-corrected chi connectivity index (χ3v) is 11.9. The van der Waals surface area contributed by atoms with Gasteiger partial charge >= 0.3 is 5.97 Å². The average Bonchev–Trinajstić information content (AvgIpc) is 3.75. The normalized spacial score (nSPS) is 28.1. The Hall–Kier alpha value is -3.80. The Labute approximate surface area is 308 Å². The van der Waals surface area contributed by atoms with E-state index < -0.39 is 66.1 Å². The minimum Gasteiger partial charge on any atom is -0.463 e. The number of likely N-dealkylation sites (tertiary alicyclic amines) is 1. The third-order valence-electron chi connectivity index (χ3n) is 11.1. The Morgan fingerprint density at radius 3 is 2.33 bits per heavy atom. The smallest absolute Gasteiger partial charge is 0.306 e. The molecule has 8 atom stereocenters. The van der Waals surface area contributed by atoms with E-state index in [0.717, 1.165) is 37.7 Å². The molecule has 1 spiro atoms. The summed E-state index contributed by atoms with van der Waals surface area (Å²) in [5.74, 6) is -3.41. The second-order valence-electron chi connectivity index (χ2n) is 14.1. The molecule has 10 nitrogen and oxygen atoms in total. The minimum atomic E-state index is -1.31. The number of fused-ring (bicyclic) bond motifs is 1. The van der Waals surface area contributed by atoms with E-state index in [4.69, 9.17) is 9.47 Å². The molecular formula is C40H48BrN3O7. The number of esters is 1. The first-order valence-corrected chi connectivity index (χ1v) is 19.0. The van der Waals surface area contributed by atoms with Crippen LogP contribution in [0.15, 0.2) is 86.0 Å². The van der Waals surface area contributed by atoms with Crippen LogP contribution in [0.5, 0.6) is 0 Å². The van der Waals surface area contributed by atoms with Crippen LogP contribution < -0.4 is 5.32 Å². The first kappa shape index (κ1) is 37.0. The van der Waals surface area contributed by atoms with Crippen molar-refractivity contribution in [3.8, 4) is 0 Å². The van der Waals surface area contributed by atoms with Gasteiger partial charge in [0, 0.05) is 23.8 Å². The van der Waals surface area contributed by atoms with Crippen LogP contribution >= 0.6 is 15.9 Å². The molecule has 1 saturated carbocycles. The Morgan fingerprint density at radius 1 is 1.04 bits per heavy atom. The van der Waals surface area contributed by atoms with E-state index in [9.17, 15) is 19.5 Å². The van der Waals surface area contributed by atoms with E-state index in [2.05, 4.69) is 34.4 Å². The van der Waals surface area contributed by atoms with E-state index in [1.54, 1.807) is 12.2 Å². The van der Waals surface area contributed by atoms with Crippen LogP contribution in [0.2, 0.25) is 0 Å². The number of benzene rings is 2. The Morgan fingerprint density at radius 2 is 1.71 bits per heavy atom. The Balaban J connectivity index is 1.37. The van der Waals surface area contributed by atoms with Crippen LogP contribution in [-0.2, 0) is 28.7 Å². The van der Waals surface area contributed by atoms with Gasteiger partial charge in [0.2, 0.25) is 17.7 Å². The minimum absolute atomic E-state index is 0.0146. The monoisotopic (exact) mass is 761 g/mol. The molecule has 2 aromatic carbocycles. The summed E-state index contributed by atoms with van der Waals surface area (Å²) in [4.78, 5) is 60.1. The highest BCUT2D eigenvalue weighted by Gasteiger charge is 2.77. The summed E-state index contributed by atoms with van der Waals surface area (Å²) in [5.41, 5.74) is 0.106. The fourth-order valence-corrected chi connectivity index (χ4v) is 9.71. The second kappa shape index (κ2) is 16.3. The summed E-state index contributed by atoms with van der Waals surface area (Å²) in [6.07, 6.45) is 8.49. The van der Waals surface area contributed by atoms with Crippen LogP contribution in [0.25, 0.3) is 0 Å². The van der Waals surface area contributed by atoms with Gasteiger partial charge in [-0.05, 0) is 36.8 Å². The lowest BCUT2D eigenvalue weighted by atomic mass is 9.70. The quantitative estimate of drug-likeness (QED) is 0.146. The van der Waals surface area contributed by atoms with Gasteiger partial charge in [0.05, 0.1) is 36.6 Å². The Kier molecular flexibility index (Phi) is 11.8. The molecule has 3 amide bonds. The van der Waals surface area contributed by atoms with Crippen molar-refractivity contribution >= 4 is 39.6 Å². The second-order valence-corrected chi connectivity index (χ2v) is 15.2. The van der Waals surface area contributed by atoms with E-state index in [0.29, 0.717) is 24.9 Å². The maximum absolute atomic E-state index is 15.1. The molecule has 1 aliphatic carbocycles. The van der Waals surface area contributed by atoms with E-state index >= 15 is 4.79 Å². The fraction of sp³-hybridized carbons (Fsp3) is 0.500. The number of ether oxygens (including phenoxy) is 2. The molecule has 0 aromatic heterocycles. The number of nitrogens with one attached hydrogen (secondary N) is 1. The number of carbonyl (C=O) groups excluding carboxylic acids is 4. The molecule has 2 aromatic rings. The van der Waals surface area contributed by atoms with Gasteiger partial charge in [-0.3, -0.25) is 19.2 Å². The van der Waals surface area contributed by atoms with Crippen LogP contribution in [0.4, 0.5) is 0 Å². The van der Waals surface area contributed by atoms with Gasteiger partial charge in [0.15, 0.2) is 0 Å².